The lowest BCUT2D eigenvalue weighted by molar-refractivity contribution is -0.123. The van der Waals surface area contributed by atoms with Crippen LogP contribution in [-0.2, 0) is 4.79 Å². The van der Waals surface area contributed by atoms with Crippen molar-refractivity contribution < 1.29 is 19.1 Å². The molecule has 0 aliphatic rings. The summed E-state index contributed by atoms with van der Waals surface area (Å²) in [5, 5.41) is 5.17. The van der Waals surface area contributed by atoms with Gasteiger partial charge in [-0.3, -0.25) is 4.79 Å². The van der Waals surface area contributed by atoms with E-state index in [1.54, 1.807) is 60.7 Å². The van der Waals surface area contributed by atoms with E-state index in [0.29, 0.717) is 37.7 Å². The Labute approximate surface area is 193 Å². The highest BCUT2D eigenvalue weighted by Gasteiger charge is 2.08. The van der Waals surface area contributed by atoms with E-state index in [2.05, 4.69) is 10.5 Å². The molecule has 0 spiro atoms. The van der Waals surface area contributed by atoms with Crippen LogP contribution >= 0.6 is 34.8 Å². The van der Waals surface area contributed by atoms with E-state index in [0.717, 1.165) is 0 Å². The molecule has 31 heavy (non-hydrogen) atoms. The highest BCUT2D eigenvalue weighted by molar-refractivity contribution is 6.35. The predicted octanol–water partition coefficient (Wildman–Crippen LogP) is 5.40. The number of amides is 1. The molecule has 0 heterocycles. The molecule has 3 rings (SSSR count). The molecule has 0 saturated carbocycles. The first-order valence-corrected chi connectivity index (χ1v) is 10.0. The van der Waals surface area contributed by atoms with Crippen LogP contribution in [-0.4, -0.2) is 24.7 Å². The lowest BCUT2D eigenvalue weighted by Crippen LogP contribution is -2.24. The third-order valence-electron chi connectivity index (χ3n) is 3.83. The molecule has 6 nitrogen and oxygen atoms in total. The van der Waals surface area contributed by atoms with Crippen molar-refractivity contribution in [3.63, 3.8) is 0 Å². The summed E-state index contributed by atoms with van der Waals surface area (Å²) in [5.41, 5.74) is 3.42. The van der Waals surface area contributed by atoms with Gasteiger partial charge in [0.25, 0.3) is 5.91 Å². The van der Waals surface area contributed by atoms with E-state index in [1.165, 1.54) is 12.3 Å². The Morgan fingerprint density at radius 3 is 2.26 bits per heavy atom. The van der Waals surface area contributed by atoms with Gasteiger partial charge in [0.1, 0.15) is 11.5 Å². The molecule has 1 N–H and O–H groups in total. The van der Waals surface area contributed by atoms with E-state index >= 15 is 0 Å². The van der Waals surface area contributed by atoms with Crippen molar-refractivity contribution in [2.75, 3.05) is 6.61 Å². The second-order valence-electron chi connectivity index (χ2n) is 6.12. The maximum atomic E-state index is 12.1. The fourth-order valence-corrected chi connectivity index (χ4v) is 2.91. The minimum Gasteiger partial charge on any atom is -0.482 e. The van der Waals surface area contributed by atoms with Crippen LogP contribution in [0.4, 0.5) is 0 Å². The molecule has 3 aromatic carbocycles. The lowest BCUT2D eigenvalue weighted by atomic mass is 10.2. The summed E-state index contributed by atoms with van der Waals surface area (Å²) in [4.78, 5) is 23.9. The third-order valence-corrected chi connectivity index (χ3v) is 4.61. The fraction of sp³-hybridized carbons (Fsp3) is 0.0455. The summed E-state index contributed by atoms with van der Waals surface area (Å²) >= 11 is 17.6. The number of hydrazone groups is 1. The summed E-state index contributed by atoms with van der Waals surface area (Å²) < 4.78 is 10.6. The Kier molecular flexibility index (Phi) is 7.89. The molecular weight excluding hydrogens is 463 g/mol. The molecule has 9 heteroatoms. The Morgan fingerprint density at radius 1 is 0.903 bits per heavy atom. The number of carbonyl (C=O) groups excluding carboxylic acids is 2. The van der Waals surface area contributed by atoms with Crippen LogP contribution in [0.2, 0.25) is 15.1 Å². The van der Waals surface area contributed by atoms with Gasteiger partial charge in [-0.2, -0.15) is 5.10 Å². The number of rotatable bonds is 7. The van der Waals surface area contributed by atoms with Gasteiger partial charge in [-0.15, -0.1) is 0 Å². The van der Waals surface area contributed by atoms with Crippen LogP contribution in [0.5, 0.6) is 11.5 Å². The number of ether oxygens (including phenoxy) is 2. The number of nitrogens with zero attached hydrogens (tertiary/aromatic N) is 1. The number of hydrogen-bond acceptors (Lipinski definition) is 5. The standard InChI is InChI=1S/C22H15Cl3N2O4/c23-16-5-3-15(4-6-16)22(29)31-18-8-1-14(2-9-18)12-26-27-21(28)13-30-20-10-7-17(24)11-19(20)25/h1-12H,13H2,(H,27,28)/b26-12-. The van der Waals surface area contributed by atoms with E-state index in [1.807, 2.05) is 0 Å². The van der Waals surface area contributed by atoms with Crippen molar-refractivity contribution in [2.45, 2.75) is 0 Å². The Hall–Kier alpha value is -3.06. The van der Waals surface area contributed by atoms with Crippen LogP contribution < -0.4 is 14.9 Å². The van der Waals surface area contributed by atoms with Crippen molar-refractivity contribution in [1.29, 1.82) is 0 Å². The molecule has 158 valence electrons. The number of halogens is 3. The minimum absolute atomic E-state index is 0.266. The summed E-state index contributed by atoms with van der Waals surface area (Å²) in [5.74, 6) is -0.245. The molecule has 0 unspecified atom stereocenters. The number of hydrogen-bond donors (Lipinski definition) is 1. The van der Waals surface area contributed by atoms with Gasteiger partial charge in [0.2, 0.25) is 0 Å². The van der Waals surface area contributed by atoms with Gasteiger partial charge >= 0.3 is 5.97 Å². The molecule has 0 aromatic heterocycles. The predicted molar refractivity (Wildman–Crippen MR) is 121 cm³/mol. The minimum atomic E-state index is -0.494. The van der Waals surface area contributed by atoms with Crippen molar-refractivity contribution >= 4 is 52.9 Å². The van der Waals surface area contributed by atoms with Crippen molar-refractivity contribution in [3.05, 3.63) is 92.9 Å². The van der Waals surface area contributed by atoms with Gasteiger partial charge in [-0.25, -0.2) is 10.2 Å². The van der Waals surface area contributed by atoms with Gasteiger partial charge in [0.15, 0.2) is 6.61 Å². The number of carbonyl (C=O) groups is 2. The molecule has 0 radical (unpaired) electrons. The first-order chi connectivity index (χ1) is 14.9. The first kappa shape index (κ1) is 22.6. The molecule has 0 saturated heterocycles. The number of nitrogens with one attached hydrogen (secondary N) is 1. The average molecular weight is 478 g/mol. The van der Waals surface area contributed by atoms with E-state index in [4.69, 9.17) is 44.3 Å². The highest BCUT2D eigenvalue weighted by atomic mass is 35.5. The van der Waals surface area contributed by atoms with Gasteiger partial charge in [-0.1, -0.05) is 34.8 Å². The fourth-order valence-electron chi connectivity index (χ4n) is 2.32. The van der Waals surface area contributed by atoms with Gasteiger partial charge in [0, 0.05) is 10.0 Å². The summed E-state index contributed by atoms with van der Waals surface area (Å²) in [7, 11) is 0. The third kappa shape index (κ3) is 7.00. The summed E-state index contributed by atoms with van der Waals surface area (Å²) in [6, 6.07) is 17.7. The van der Waals surface area contributed by atoms with E-state index < -0.39 is 11.9 Å². The molecule has 0 aliphatic carbocycles. The van der Waals surface area contributed by atoms with Crippen LogP contribution in [0.1, 0.15) is 15.9 Å². The van der Waals surface area contributed by atoms with Crippen LogP contribution in [0.3, 0.4) is 0 Å². The van der Waals surface area contributed by atoms with Crippen LogP contribution in [0.25, 0.3) is 0 Å². The SMILES string of the molecule is O=C(COc1ccc(Cl)cc1Cl)N/N=C\c1ccc(OC(=O)c2ccc(Cl)cc2)cc1. The Morgan fingerprint density at radius 2 is 1.58 bits per heavy atom. The molecule has 0 aliphatic heterocycles. The molecular formula is C22H15Cl3N2O4. The van der Waals surface area contributed by atoms with Crippen LogP contribution in [0, 0.1) is 0 Å². The maximum Gasteiger partial charge on any atom is 0.343 e. The number of benzene rings is 3. The topological polar surface area (TPSA) is 77.0 Å². The zero-order valence-electron chi connectivity index (χ0n) is 15.8. The molecule has 3 aromatic rings. The summed E-state index contributed by atoms with van der Waals surface area (Å²) in [6.45, 7) is -0.266. The van der Waals surface area contributed by atoms with E-state index in [-0.39, 0.29) is 6.61 Å². The molecule has 0 atom stereocenters. The smallest absolute Gasteiger partial charge is 0.343 e. The largest absolute Gasteiger partial charge is 0.482 e. The second kappa shape index (κ2) is 10.8. The normalized spacial score (nSPS) is 10.7. The molecule has 0 fully saturated rings. The summed E-state index contributed by atoms with van der Waals surface area (Å²) in [6.07, 6.45) is 1.44. The highest BCUT2D eigenvalue weighted by Crippen LogP contribution is 2.27. The molecule has 0 bridgehead atoms. The van der Waals surface area contributed by atoms with Crippen LogP contribution in [0.15, 0.2) is 71.8 Å². The van der Waals surface area contributed by atoms with Gasteiger partial charge in [0.05, 0.1) is 16.8 Å². The zero-order chi connectivity index (χ0) is 22.2. The van der Waals surface area contributed by atoms with Crippen molar-refractivity contribution in [1.82, 2.24) is 5.43 Å². The quantitative estimate of drug-likeness (QED) is 0.214. The average Bonchev–Trinajstić information content (AvgIpc) is 2.75. The van der Waals surface area contributed by atoms with Gasteiger partial charge in [-0.05, 0) is 72.3 Å². The Balaban J connectivity index is 1.47. The first-order valence-electron chi connectivity index (χ1n) is 8.88. The lowest BCUT2D eigenvalue weighted by Gasteiger charge is -2.07. The van der Waals surface area contributed by atoms with Gasteiger partial charge < -0.3 is 9.47 Å². The number of esters is 1. The second-order valence-corrected chi connectivity index (χ2v) is 7.40. The van der Waals surface area contributed by atoms with Crippen molar-refractivity contribution in [2.24, 2.45) is 5.10 Å². The van der Waals surface area contributed by atoms with Crippen molar-refractivity contribution in [3.8, 4) is 11.5 Å². The van der Waals surface area contributed by atoms with E-state index in [9.17, 15) is 9.59 Å². The zero-order valence-corrected chi connectivity index (χ0v) is 18.1. The maximum absolute atomic E-state index is 12.1. The molecule has 1 amide bonds. The Bertz CT molecular complexity index is 1100. The monoisotopic (exact) mass is 476 g/mol.